The maximum absolute atomic E-state index is 5.21. The first-order chi connectivity index (χ1) is 6.40. The van der Waals surface area contributed by atoms with Gasteiger partial charge in [0.15, 0.2) is 5.76 Å². The van der Waals surface area contributed by atoms with Crippen LogP contribution in [-0.2, 0) is 6.54 Å². The van der Waals surface area contributed by atoms with E-state index in [0.717, 1.165) is 23.7 Å². The third kappa shape index (κ3) is 1.62. The van der Waals surface area contributed by atoms with Gasteiger partial charge in [-0.1, -0.05) is 0 Å². The second kappa shape index (κ2) is 3.45. The van der Waals surface area contributed by atoms with Gasteiger partial charge < -0.3 is 9.73 Å². The molecule has 2 heterocycles. The molecule has 0 radical (unpaired) electrons. The summed E-state index contributed by atoms with van der Waals surface area (Å²) in [5.74, 6) is 0.790. The second-order valence-electron chi connectivity index (χ2n) is 2.79. The van der Waals surface area contributed by atoms with Crippen LogP contribution in [0.1, 0.15) is 5.69 Å². The molecule has 4 nitrogen and oxygen atoms in total. The van der Waals surface area contributed by atoms with Crippen LogP contribution >= 0.6 is 0 Å². The Hall–Kier alpha value is -1.55. The molecule has 13 heavy (non-hydrogen) atoms. The maximum Gasteiger partial charge on any atom is 0.154 e. The van der Waals surface area contributed by atoms with E-state index in [-0.39, 0.29) is 0 Å². The first-order valence-electron chi connectivity index (χ1n) is 4.13. The average Bonchev–Trinajstić information content (AvgIpc) is 2.70. The highest BCUT2D eigenvalue weighted by Crippen LogP contribution is 2.17. The minimum absolute atomic E-state index is 0.785. The molecule has 0 saturated carbocycles. The SMILES string of the molecule is CNCc1cc(-c2ccco2)n[nH]1. The molecule has 0 unspecified atom stereocenters. The highest BCUT2D eigenvalue weighted by atomic mass is 16.3. The number of aromatic amines is 1. The molecule has 2 aromatic rings. The number of aromatic nitrogens is 2. The zero-order valence-electron chi connectivity index (χ0n) is 7.37. The lowest BCUT2D eigenvalue weighted by atomic mass is 10.3. The molecular formula is C9H11N3O. The van der Waals surface area contributed by atoms with Gasteiger partial charge in [-0.25, -0.2) is 0 Å². The molecular weight excluding hydrogens is 166 g/mol. The minimum atomic E-state index is 0.785. The fourth-order valence-electron chi connectivity index (χ4n) is 1.19. The Morgan fingerprint density at radius 2 is 2.54 bits per heavy atom. The predicted molar refractivity (Wildman–Crippen MR) is 49.1 cm³/mol. The molecule has 0 aliphatic heterocycles. The van der Waals surface area contributed by atoms with Crippen LogP contribution in [0.2, 0.25) is 0 Å². The van der Waals surface area contributed by atoms with Gasteiger partial charge in [-0.05, 0) is 25.2 Å². The van der Waals surface area contributed by atoms with Gasteiger partial charge in [-0.15, -0.1) is 0 Å². The molecule has 0 spiro atoms. The third-order valence-electron chi connectivity index (χ3n) is 1.77. The van der Waals surface area contributed by atoms with Gasteiger partial charge in [0.2, 0.25) is 0 Å². The number of furan rings is 1. The third-order valence-corrected chi connectivity index (χ3v) is 1.77. The number of nitrogens with one attached hydrogen (secondary N) is 2. The van der Waals surface area contributed by atoms with Gasteiger partial charge in [0.05, 0.1) is 6.26 Å². The number of rotatable bonds is 3. The summed E-state index contributed by atoms with van der Waals surface area (Å²) < 4.78 is 5.21. The van der Waals surface area contributed by atoms with Crippen molar-refractivity contribution in [2.24, 2.45) is 0 Å². The highest BCUT2D eigenvalue weighted by molar-refractivity contribution is 5.51. The fraction of sp³-hybridized carbons (Fsp3) is 0.222. The lowest BCUT2D eigenvalue weighted by molar-refractivity contribution is 0.580. The lowest BCUT2D eigenvalue weighted by Gasteiger charge is -1.90. The summed E-state index contributed by atoms with van der Waals surface area (Å²) in [7, 11) is 1.90. The number of hydrogen-bond donors (Lipinski definition) is 2. The number of hydrogen-bond acceptors (Lipinski definition) is 3. The number of H-pyrrole nitrogens is 1. The Bertz CT molecular complexity index is 364. The van der Waals surface area contributed by atoms with Crippen molar-refractivity contribution in [2.45, 2.75) is 6.54 Å². The van der Waals surface area contributed by atoms with E-state index < -0.39 is 0 Å². The van der Waals surface area contributed by atoms with Gasteiger partial charge in [0.25, 0.3) is 0 Å². The van der Waals surface area contributed by atoms with Crippen LogP contribution in [-0.4, -0.2) is 17.2 Å². The molecule has 0 aliphatic rings. The summed E-state index contributed by atoms with van der Waals surface area (Å²) in [6, 6.07) is 5.70. The van der Waals surface area contributed by atoms with Crippen LogP contribution in [0.15, 0.2) is 28.9 Å². The van der Waals surface area contributed by atoms with Crippen molar-refractivity contribution in [1.29, 1.82) is 0 Å². The average molecular weight is 177 g/mol. The second-order valence-corrected chi connectivity index (χ2v) is 2.79. The molecule has 0 aromatic carbocycles. The monoisotopic (exact) mass is 177 g/mol. The van der Waals surface area contributed by atoms with E-state index in [0.29, 0.717) is 0 Å². The Morgan fingerprint density at radius 3 is 3.23 bits per heavy atom. The van der Waals surface area contributed by atoms with Crippen LogP contribution in [0.25, 0.3) is 11.5 Å². The summed E-state index contributed by atoms with van der Waals surface area (Å²) in [6.45, 7) is 0.785. The fourth-order valence-corrected chi connectivity index (χ4v) is 1.19. The Labute approximate surface area is 76.0 Å². The Balaban J connectivity index is 2.23. The van der Waals surface area contributed by atoms with Gasteiger partial charge in [-0.3, -0.25) is 5.10 Å². The van der Waals surface area contributed by atoms with Gasteiger partial charge in [0.1, 0.15) is 5.69 Å². The zero-order valence-corrected chi connectivity index (χ0v) is 7.37. The normalized spacial score (nSPS) is 10.5. The molecule has 68 valence electrons. The molecule has 0 atom stereocenters. The summed E-state index contributed by atoms with van der Waals surface area (Å²) in [6.07, 6.45) is 1.64. The van der Waals surface area contributed by atoms with Crippen LogP contribution in [0.5, 0.6) is 0 Å². The van der Waals surface area contributed by atoms with Crippen molar-refractivity contribution >= 4 is 0 Å². The van der Waals surface area contributed by atoms with Gasteiger partial charge in [-0.2, -0.15) is 5.10 Å². The van der Waals surface area contributed by atoms with Gasteiger partial charge in [0, 0.05) is 12.2 Å². The maximum atomic E-state index is 5.21. The molecule has 2 rings (SSSR count). The van der Waals surface area contributed by atoms with E-state index >= 15 is 0 Å². The molecule has 2 aromatic heterocycles. The van der Waals surface area contributed by atoms with Crippen molar-refractivity contribution < 1.29 is 4.42 Å². The quantitative estimate of drug-likeness (QED) is 0.744. The largest absolute Gasteiger partial charge is 0.463 e. The van der Waals surface area contributed by atoms with Gasteiger partial charge >= 0.3 is 0 Å². The van der Waals surface area contributed by atoms with Crippen molar-refractivity contribution in [2.75, 3.05) is 7.05 Å². The van der Waals surface area contributed by atoms with E-state index in [1.165, 1.54) is 0 Å². The Morgan fingerprint density at radius 1 is 1.62 bits per heavy atom. The van der Waals surface area contributed by atoms with E-state index in [2.05, 4.69) is 15.5 Å². The molecule has 0 fully saturated rings. The smallest absolute Gasteiger partial charge is 0.154 e. The first kappa shape index (κ1) is 8.07. The van der Waals surface area contributed by atoms with Crippen LogP contribution in [0, 0.1) is 0 Å². The standard InChI is InChI=1S/C9H11N3O/c1-10-6-7-5-8(12-11-7)9-3-2-4-13-9/h2-5,10H,6H2,1H3,(H,11,12). The van der Waals surface area contributed by atoms with E-state index in [1.807, 2.05) is 25.2 Å². The van der Waals surface area contributed by atoms with Crippen LogP contribution in [0.3, 0.4) is 0 Å². The summed E-state index contributed by atoms with van der Waals surface area (Å²) >= 11 is 0. The van der Waals surface area contributed by atoms with Crippen molar-refractivity contribution in [3.05, 3.63) is 30.2 Å². The summed E-state index contributed by atoms with van der Waals surface area (Å²) in [5.41, 5.74) is 1.89. The van der Waals surface area contributed by atoms with Crippen molar-refractivity contribution in [1.82, 2.24) is 15.5 Å². The zero-order chi connectivity index (χ0) is 9.10. The lowest BCUT2D eigenvalue weighted by Crippen LogP contribution is -2.04. The Kier molecular flexibility index (Phi) is 2.14. The van der Waals surface area contributed by atoms with Crippen LogP contribution in [0.4, 0.5) is 0 Å². The summed E-state index contributed by atoms with van der Waals surface area (Å²) in [4.78, 5) is 0. The molecule has 0 bridgehead atoms. The van der Waals surface area contributed by atoms with E-state index in [9.17, 15) is 0 Å². The molecule has 0 amide bonds. The number of nitrogens with zero attached hydrogens (tertiary/aromatic N) is 1. The molecule has 0 aliphatic carbocycles. The molecule has 4 heteroatoms. The molecule has 2 N–H and O–H groups in total. The van der Waals surface area contributed by atoms with E-state index in [1.54, 1.807) is 6.26 Å². The topological polar surface area (TPSA) is 53.9 Å². The van der Waals surface area contributed by atoms with E-state index in [4.69, 9.17) is 4.42 Å². The minimum Gasteiger partial charge on any atom is -0.463 e. The highest BCUT2D eigenvalue weighted by Gasteiger charge is 2.04. The van der Waals surface area contributed by atoms with Crippen molar-refractivity contribution in [3.8, 4) is 11.5 Å². The first-order valence-corrected chi connectivity index (χ1v) is 4.13. The summed E-state index contributed by atoms with van der Waals surface area (Å²) in [5, 5.41) is 10.1. The predicted octanol–water partition coefficient (Wildman–Crippen LogP) is 1.39. The molecule has 0 saturated heterocycles. The van der Waals surface area contributed by atoms with Crippen LogP contribution < -0.4 is 5.32 Å². The van der Waals surface area contributed by atoms with Crippen molar-refractivity contribution in [3.63, 3.8) is 0 Å².